The van der Waals surface area contributed by atoms with E-state index in [-0.39, 0.29) is 22.7 Å². The lowest BCUT2D eigenvalue weighted by atomic mass is 10.2. The molecule has 0 radical (unpaired) electrons. The van der Waals surface area contributed by atoms with Crippen LogP contribution < -0.4 is 10.1 Å². The molecule has 2 heterocycles. The maximum Gasteiger partial charge on any atom is 0.276 e. The molecule has 0 atom stereocenters. The van der Waals surface area contributed by atoms with Gasteiger partial charge in [0.1, 0.15) is 16.9 Å². The van der Waals surface area contributed by atoms with Crippen LogP contribution in [0.2, 0.25) is 5.15 Å². The van der Waals surface area contributed by atoms with Gasteiger partial charge in [0.05, 0.1) is 12.7 Å². The molecule has 0 saturated heterocycles. The molecule has 7 nitrogen and oxygen atoms in total. The second kappa shape index (κ2) is 5.95. The van der Waals surface area contributed by atoms with Gasteiger partial charge in [-0.25, -0.2) is 9.97 Å². The number of carbonyl (C=O) groups is 1. The van der Waals surface area contributed by atoms with Crippen LogP contribution in [0.3, 0.4) is 0 Å². The van der Waals surface area contributed by atoms with Crippen LogP contribution in [0.1, 0.15) is 16.1 Å². The average Bonchev–Trinajstić information content (AvgIpc) is 2.46. The number of hydrogen-bond donors (Lipinski definition) is 1. The van der Waals surface area contributed by atoms with Gasteiger partial charge in [-0.2, -0.15) is 10.2 Å². The number of ether oxygens (including phenoxy) is 1. The highest BCUT2D eigenvalue weighted by molar-refractivity contribution is 6.29. The fraction of sp³-hybridized carbons (Fsp3) is 0.0833. The molecular weight excluding hydrogens is 282 g/mol. The number of nitriles is 1. The van der Waals surface area contributed by atoms with Gasteiger partial charge in [0.2, 0.25) is 11.8 Å². The first-order valence-electron chi connectivity index (χ1n) is 5.38. The molecule has 20 heavy (non-hydrogen) atoms. The van der Waals surface area contributed by atoms with Crippen molar-refractivity contribution in [1.82, 2.24) is 15.0 Å². The number of anilines is 1. The van der Waals surface area contributed by atoms with Gasteiger partial charge in [-0.15, -0.1) is 0 Å². The van der Waals surface area contributed by atoms with Gasteiger partial charge in [0.15, 0.2) is 0 Å². The Hall–Kier alpha value is -2.72. The Kier molecular flexibility index (Phi) is 4.08. The van der Waals surface area contributed by atoms with E-state index in [1.165, 1.54) is 31.5 Å². The van der Waals surface area contributed by atoms with Gasteiger partial charge < -0.3 is 4.74 Å². The third-order valence-corrected chi connectivity index (χ3v) is 2.42. The van der Waals surface area contributed by atoms with Crippen LogP contribution in [0.15, 0.2) is 24.4 Å². The predicted molar refractivity (Wildman–Crippen MR) is 70.5 cm³/mol. The van der Waals surface area contributed by atoms with Crippen molar-refractivity contribution >= 4 is 23.5 Å². The minimum Gasteiger partial charge on any atom is -0.481 e. The Balaban J connectivity index is 2.18. The van der Waals surface area contributed by atoms with Gasteiger partial charge in [-0.1, -0.05) is 11.6 Å². The van der Waals surface area contributed by atoms with Crippen LogP contribution in [-0.4, -0.2) is 28.0 Å². The largest absolute Gasteiger partial charge is 0.481 e. The molecule has 2 aromatic heterocycles. The predicted octanol–water partition coefficient (Wildman–Crippen LogP) is 1.66. The van der Waals surface area contributed by atoms with Crippen LogP contribution in [0.4, 0.5) is 5.95 Å². The van der Waals surface area contributed by atoms with Crippen molar-refractivity contribution < 1.29 is 9.53 Å². The normalized spacial score (nSPS) is 9.65. The fourth-order valence-corrected chi connectivity index (χ4v) is 1.49. The quantitative estimate of drug-likeness (QED) is 0.862. The van der Waals surface area contributed by atoms with Gasteiger partial charge in [0, 0.05) is 12.3 Å². The lowest BCUT2D eigenvalue weighted by Crippen LogP contribution is -2.15. The maximum atomic E-state index is 11.9. The summed E-state index contributed by atoms with van der Waals surface area (Å²) in [6.07, 6.45) is 1.30. The van der Waals surface area contributed by atoms with Crippen molar-refractivity contribution in [3.8, 4) is 11.9 Å². The number of rotatable bonds is 3. The minimum absolute atomic E-state index is 0.00510. The number of pyridine rings is 1. The molecule has 0 unspecified atom stereocenters. The second-order valence-electron chi connectivity index (χ2n) is 3.55. The molecule has 0 aliphatic rings. The molecule has 1 amide bonds. The molecule has 2 rings (SSSR count). The van der Waals surface area contributed by atoms with Crippen molar-refractivity contribution in [2.45, 2.75) is 0 Å². The Morgan fingerprint density at radius 2 is 2.25 bits per heavy atom. The number of nitrogens with one attached hydrogen (secondary N) is 1. The molecule has 8 heteroatoms. The molecule has 0 spiro atoms. The highest BCUT2D eigenvalue weighted by Gasteiger charge is 2.11. The summed E-state index contributed by atoms with van der Waals surface area (Å²) in [5.74, 6) is -0.280. The van der Waals surface area contributed by atoms with Crippen LogP contribution >= 0.6 is 11.6 Å². The first-order valence-corrected chi connectivity index (χ1v) is 5.76. The number of carbonyl (C=O) groups excluding carboxylic acids is 1. The smallest absolute Gasteiger partial charge is 0.276 e. The summed E-state index contributed by atoms with van der Waals surface area (Å²) >= 11 is 5.76. The molecule has 0 fully saturated rings. The zero-order valence-corrected chi connectivity index (χ0v) is 11.0. The van der Waals surface area contributed by atoms with Crippen molar-refractivity contribution in [3.63, 3.8) is 0 Å². The molecule has 0 aliphatic heterocycles. The number of aromatic nitrogens is 3. The zero-order chi connectivity index (χ0) is 14.5. The lowest BCUT2D eigenvalue weighted by molar-refractivity contribution is 0.102. The van der Waals surface area contributed by atoms with E-state index in [2.05, 4.69) is 20.3 Å². The topological polar surface area (TPSA) is 101 Å². The molecular formula is C12H8ClN5O2. The maximum absolute atomic E-state index is 11.9. The lowest BCUT2D eigenvalue weighted by Gasteiger charge is -2.05. The van der Waals surface area contributed by atoms with Crippen molar-refractivity contribution in [3.05, 3.63) is 40.8 Å². The SMILES string of the molecule is COc1cc(Cl)nc(NC(=O)c2ccc(C#N)cn2)n1. The standard InChI is InChI=1S/C12H8ClN5O2/c1-20-10-4-9(13)16-12(17-10)18-11(19)8-3-2-7(5-14)6-15-8/h2-4,6H,1H3,(H,16,17,18,19). The highest BCUT2D eigenvalue weighted by Crippen LogP contribution is 2.16. The summed E-state index contributed by atoms with van der Waals surface area (Å²) in [5.41, 5.74) is 0.494. The molecule has 100 valence electrons. The number of methoxy groups -OCH3 is 1. The summed E-state index contributed by atoms with van der Waals surface area (Å²) in [5, 5.41) is 11.2. The van der Waals surface area contributed by atoms with Gasteiger partial charge in [-0.3, -0.25) is 10.1 Å². The van der Waals surface area contributed by atoms with Crippen molar-refractivity contribution in [1.29, 1.82) is 5.26 Å². The number of amides is 1. The van der Waals surface area contributed by atoms with Gasteiger partial charge in [0.25, 0.3) is 5.91 Å². The summed E-state index contributed by atoms with van der Waals surface area (Å²) in [6, 6.07) is 6.24. The van der Waals surface area contributed by atoms with Crippen LogP contribution in [0.25, 0.3) is 0 Å². The van der Waals surface area contributed by atoms with E-state index >= 15 is 0 Å². The van der Waals surface area contributed by atoms with Crippen molar-refractivity contribution in [2.75, 3.05) is 12.4 Å². The minimum atomic E-state index is -0.515. The Morgan fingerprint density at radius 1 is 1.45 bits per heavy atom. The molecule has 2 aromatic rings. The zero-order valence-electron chi connectivity index (χ0n) is 10.3. The number of hydrogen-bond acceptors (Lipinski definition) is 6. The van der Waals surface area contributed by atoms with Gasteiger partial charge >= 0.3 is 0 Å². The Bertz CT molecular complexity index is 681. The summed E-state index contributed by atoms with van der Waals surface area (Å²) in [7, 11) is 1.42. The molecule has 0 saturated carbocycles. The summed E-state index contributed by atoms with van der Waals surface area (Å²) in [4.78, 5) is 23.5. The first-order chi connectivity index (χ1) is 9.62. The van der Waals surface area contributed by atoms with Crippen LogP contribution in [0.5, 0.6) is 5.88 Å². The van der Waals surface area contributed by atoms with E-state index in [4.69, 9.17) is 21.6 Å². The average molecular weight is 290 g/mol. The summed E-state index contributed by atoms with van der Waals surface area (Å²) in [6.45, 7) is 0. The van der Waals surface area contributed by atoms with Crippen LogP contribution in [-0.2, 0) is 0 Å². The number of halogens is 1. The van der Waals surface area contributed by atoms with E-state index in [0.29, 0.717) is 5.56 Å². The monoisotopic (exact) mass is 289 g/mol. The molecule has 1 N–H and O–H groups in total. The first kappa shape index (κ1) is 13.7. The van der Waals surface area contributed by atoms with E-state index in [9.17, 15) is 4.79 Å². The summed E-state index contributed by atoms with van der Waals surface area (Å²) < 4.78 is 4.91. The molecule has 0 aromatic carbocycles. The third-order valence-electron chi connectivity index (χ3n) is 2.23. The highest BCUT2D eigenvalue weighted by atomic mass is 35.5. The molecule has 0 bridgehead atoms. The fourth-order valence-electron chi connectivity index (χ4n) is 1.32. The molecule has 0 aliphatic carbocycles. The Morgan fingerprint density at radius 3 is 2.85 bits per heavy atom. The number of nitrogens with zero attached hydrogens (tertiary/aromatic N) is 4. The van der Waals surface area contributed by atoms with Crippen molar-refractivity contribution in [2.24, 2.45) is 0 Å². The van der Waals surface area contributed by atoms with E-state index in [1.54, 1.807) is 0 Å². The van der Waals surface area contributed by atoms with Crippen LogP contribution in [0, 0.1) is 11.3 Å². The van der Waals surface area contributed by atoms with E-state index < -0.39 is 5.91 Å². The van der Waals surface area contributed by atoms with E-state index in [0.717, 1.165) is 0 Å². The third kappa shape index (κ3) is 3.18. The second-order valence-corrected chi connectivity index (χ2v) is 3.94. The Labute approximate surface area is 119 Å². The van der Waals surface area contributed by atoms with Gasteiger partial charge in [-0.05, 0) is 12.1 Å². The van der Waals surface area contributed by atoms with E-state index in [1.807, 2.05) is 6.07 Å².